The van der Waals surface area contributed by atoms with Crippen LogP contribution in [0.3, 0.4) is 0 Å². The van der Waals surface area contributed by atoms with Crippen molar-refractivity contribution in [3.8, 4) is 11.3 Å². The SMILES string of the molecule is FC(F)(F)c1cccc(-c2nn(Cc3ccccc3)c3c2CNCC3)c1. The number of nitrogens with zero attached hydrogens (tertiary/aromatic N) is 2. The molecule has 3 nitrogen and oxygen atoms in total. The maximum absolute atomic E-state index is 13.1. The molecule has 0 radical (unpaired) electrons. The Morgan fingerprint density at radius 3 is 2.62 bits per heavy atom. The molecule has 134 valence electrons. The lowest BCUT2D eigenvalue weighted by Crippen LogP contribution is -2.25. The van der Waals surface area contributed by atoms with Crippen molar-refractivity contribution in [1.29, 1.82) is 0 Å². The number of hydrogen-bond acceptors (Lipinski definition) is 2. The summed E-state index contributed by atoms with van der Waals surface area (Å²) in [6.45, 7) is 2.08. The van der Waals surface area contributed by atoms with E-state index in [-0.39, 0.29) is 0 Å². The van der Waals surface area contributed by atoms with Crippen LogP contribution >= 0.6 is 0 Å². The Kier molecular flexibility index (Phi) is 4.28. The smallest absolute Gasteiger partial charge is 0.312 e. The fourth-order valence-corrected chi connectivity index (χ4v) is 3.38. The van der Waals surface area contributed by atoms with E-state index in [4.69, 9.17) is 0 Å². The highest BCUT2D eigenvalue weighted by atomic mass is 19.4. The van der Waals surface area contributed by atoms with E-state index in [0.717, 1.165) is 35.9 Å². The molecule has 0 saturated carbocycles. The Hall–Kier alpha value is -2.60. The van der Waals surface area contributed by atoms with Gasteiger partial charge >= 0.3 is 6.18 Å². The summed E-state index contributed by atoms with van der Waals surface area (Å²) >= 11 is 0. The lowest BCUT2D eigenvalue weighted by molar-refractivity contribution is -0.137. The van der Waals surface area contributed by atoms with Gasteiger partial charge in [0.05, 0.1) is 17.8 Å². The van der Waals surface area contributed by atoms with Crippen LogP contribution in [0.25, 0.3) is 11.3 Å². The number of nitrogens with one attached hydrogen (secondary N) is 1. The van der Waals surface area contributed by atoms with E-state index in [1.165, 1.54) is 12.1 Å². The topological polar surface area (TPSA) is 29.9 Å². The lowest BCUT2D eigenvalue weighted by Gasteiger charge is -2.16. The molecular weight excluding hydrogens is 339 g/mol. The van der Waals surface area contributed by atoms with Gasteiger partial charge in [-0.3, -0.25) is 4.68 Å². The molecule has 0 saturated heterocycles. The summed E-state index contributed by atoms with van der Waals surface area (Å²) in [5.41, 5.74) is 3.70. The maximum atomic E-state index is 13.1. The van der Waals surface area contributed by atoms with Gasteiger partial charge in [0.15, 0.2) is 0 Å². The second-order valence-electron chi connectivity index (χ2n) is 6.42. The van der Waals surface area contributed by atoms with E-state index in [1.54, 1.807) is 6.07 Å². The van der Waals surface area contributed by atoms with Crippen LogP contribution in [0.4, 0.5) is 13.2 Å². The van der Waals surface area contributed by atoms with Crippen molar-refractivity contribution in [1.82, 2.24) is 15.1 Å². The zero-order chi connectivity index (χ0) is 18.1. The van der Waals surface area contributed by atoms with Crippen LogP contribution in [0.5, 0.6) is 0 Å². The molecule has 0 bridgehead atoms. The number of alkyl halides is 3. The van der Waals surface area contributed by atoms with E-state index >= 15 is 0 Å². The van der Waals surface area contributed by atoms with Crippen molar-refractivity contribution in [2.24, 2.45) is 0 Å². The molecule has 1 aliphatic rings. The third-order valence-electron chi connectivity index (χ3n) is 4.65. The van der Waals surface area contributed by atoms with E-state index in [0.29, 0.717) is 24.3 Å². The minimum absolute atomic E-state index is 0.506. The van der Waals surface area contributed by atoms with Crippen molar-refractivity contribution >= 4 is 0 Å². The molecule has 1 aliphatic heterocycles. The minimum atomic E-state index is -4.36. The maximum Gasteiger partial charge on any atom is 0.416 e. The third-order valence-corrected chi connectivity index (χ3v) is 4.65. The molecule has 0 amide bonds. The summed E-state index contributed by atoms with van der Waals surface area (Å²) < 4.78 is 41.2. The first-order valence-electron chi connectivity index (χ1n) is 8.53. The van der Waals surface area contributed by atoms with Gasteiger partial charge in [0.25, 0.3) is 0 Å². The second kappa shape index (κ2) is 6.61. The van der Waals surface area contributed by atoms with Crippen LogP contribution in [-0.4, -0.2) is 16.3 Å². The van der Waals surface area contributed by atoms with E-state index in [1.807, 2.05) is 35.0 Å². The Morgan fingerprint density at radius 1 is 1.04 bits per heavy atom. The van der Waals surface area contributed by atoms with Crippen LogP contribution in [0.1, 0.15) is 22.4 Å². The summed E-state index contributed by atoms with van der Waals surface area (Å²) in [6, 6.07) is 15.4. The Balaban J connectivity index is 1.78. The first kappa shape index (κ1) is 16.8. The van der Waals surface area contributed by atoms with Crippen LogP contribution < -0.4 is 5.32 Å². The molecule has 0 atom stereocenters. The van der Waals surface area contributed by atoms with Gasteiger partial charge in [0.1, 0.15) is 0 Å². The van der Waals surface area contributed by atoms with Crippen molar-refractivity contribution in [2.75, 3.05) is 6.54 Å². The molecule has 0 fully saturated rings. The van der Waals surface area contributed by atoms with Crippen molar-refractivity contribution in [3.63, 3.8) is 0 Å². The van der Waals surface area contributed by atoms with Gasteiger partial charge in [-0.15, -0.1) is 0 Å². The predicted molar refractivity (Wildman–Crippen MR) is 93.6 cm³/mol. The first-order valence-corrected chi connectivity index (χ1v) is 8.53. The molecule has 26 heavy (non-hydrogen) atoms. The lowest BCUT2D eigenvalue weighted by atomic mass is 10.0. The highest BCUT2D eigenvalue weighted by Crippen LogP contribution is 2.34. The van der Waals surface area contributed by atoms with E-state index in [2.05, 4.69) is 10.4 Å². The van der Waals surface area contributed by atoms with Crippen LogP contribution in [0, 0.1) is 0 Å². The van der Waals surface area contributed by atoms with Gasteiger partial charge in [-0.2, -0.15) is 18.3 Å². The van der Waals surface area contributed by atoms with Crippen LogP contribution in [0.15, 0.2) is 54.6 Å². The van der Waals surface area contributed by atoms with Crippen LogP contribution in [0.2, 0.25) is 0 Å². The molecule has 2 heterocycles. The molecule has 1 N–H and O–H groups in total. The first-order chi connectivity index (χ1) is 12.5. The molecule has 1 aromatic heterocycles. The summed E-state index contributed by atoms with van der Waals surface area (Å²) in [5.74, 6) is 0. The molecule has 0 unspecified atom stereocenters. The fourth-order valence-electron chi connectivity index (χ4n) is 3.38. The third kappa shape index (κ3) is 3.24. The quantitative estimate of drug-likeness (QED) is 0.759. The second-order valence-corrected chi connectivity index (χ2v) is 6.42. The number of fused-ring (bicyclic) bond motifs is 1. The summed E-state index contributed by atoms with van der Waals surface area (Å²) in [6.07, 6.45) is -3.55. The monoisotopic (exact) mass is 357 g/mol. The number of halogens is 3. The molecular formula is C20H18F3N3. The molecule has 3 aromatic rings. The van der Waals surface area contributed by atoms with Gasteiger partial charge < -0.3 is 5.32 Å². The zero-order valence-electron chi connectivity index (χ0n) is 14.1. The van der Waals surface area contributed by atoms with Gasteiger partial charge in [-0.1, -0.05) is 42.5 Å². The number of hydrogen-bond donors (Lipinski definition) is 1. The van der Waals surface area contributed by atoms with E-state index < -0.39 is 11.7 Å². The van der Waals surface area contributed by atoms with Gasteiger partial charge in [0.2, 0.25) is 0 Å². The Labute approximate surface area is 149 Å². The van der Waals surface area contributed by atoms with Gasteiger partial charge in [-0.05, 0) is 17.7 Å². The van der Waals surface area contributed by atoms with Crippen molar-refractivity contribution < 1.29 is 13.2 Å². The summed E-state index contributed by atoms with van der Waals surface area (Å²) in [4.78, 5) is 0. The number of aromatic nitrogens is 2. The average Bonchev–Trinajstić information content (AvgIpc) is 3.01. The average molecular weight is 357 g/mol. The predicted octanol–water partition coefficient (Wildman–Crippen LogP) is 4.26. The highest BCUT2D eigenvalue weighted by molar-refractivity contribution is 5.65. The van der Waals surface area contributed by atoms with Crippen LogP contribution in [-0.2, 0) is 25.7 Å². The highest BCUT2D eigenvalue weighted by Gasteiger charge is 2.31. The molecule has 6 heteroatoms. The molecule has 0 spiro atoms. The van der Waals surface area contributed by atoms with Crippen molar-refractivity contribution in [3.05, 3.63) is 77.0 Å². The normalized spacial score (nSPS) is 14.3. The Bertz CT molecular complexity index is 914. The largest absolute Gasteiger partial charge is 0.416 e. The molecule has 2 aromatic carbocycles. The summed E-state index contributed by atoms with van der Waals surface area (Å²) in [7, 11) is 0. The Morgan fingerprint density at radius 2 is 1.85 bits per heavy atom. The molecule has 0 aliphatic carbocycles. The van der Waals surface area contributed by atoms with Gasteiger partial charge in [0, 0.05) is 36.3 Å². The van der Waals surface area contributed by atoms with E-state index in [9.17, 15) is 13.2 Å². The standard InChI is InChI=1S/C20H18F3N3/c21-20(22,23)16-8-4-7-15(11-16)19-17-12-24-10-9-18(17)26(25-19)13-14-5-2-1-3-6-14/h1-8,11,24H,9-10,12-13H2. The zero-order valence-corrected chi connectivity index (χ0v) is 14.1. The number of rotatable bonds is 3. The summed E-state index contributed by atoms with van der Waals surface area (Å²) in [5, 5.41) is 7.99. The molecule has 4 rings (SSSR count). The number of benzene rings is 2. The van der Waals surface area contributed by atoms with Gasteiger partial charge in [-0.25, -0.2) is 0 Å². The minimum Gasteiger partial charge on any atom is -0.312 e. The fraction of sp³-hybridized carbons (Fsp3) is 0.250. The van der Waals surface area contributed by atoms with Crippen molar-refractivity contribution in [2.45, 2.75) is 25.7 Å².